The smallest absolute Gasteiger partial charge is 0.134 e. The first kappa shape index (κ1) is 8.86. The first-order valence-corrected chi connectivity index (χ1v) is 4.71. The van der Waals surface area contributed by atoms with Crippen LogP contribution < -0.4 is 9.36 Å². The Morgan fingerprint density at radius 2 is 1.36 bits per heavy atom. The van der Waals surface area contributed by atoms with Crippen LogP contribution in [0.5, 0.6) is 0 Å². The average molecular weight is 194 g/mol. The van der Waals surface area contributed by atoms with Crippen molar-refractivity contribution in [2.45, 2.75) is 26.9 Å². The molecule has 14 heavy (non-hydrogen) atoms. The quantitative estimate of drug-likeness (QED) is 0.589. The number of rotatable bonds is 3. The highest BCUT2D eigenvalue weighted by Gasteiger charge is 2.12. The number of nitrogens with zero attached hydrogens (tertiary/aromatic N) is 6. The van der Waals surface area contributed by atoms with E-state index in [1.807, 2.05) is 31.4 Å². The van der Waals surface area contributed by atoms with Gasteiger partial charge in [0.2, 0.25) is 0 Å². The lowest BCUT2D eigenvalue weighted by molar-refractivity contribution is -0.750. The van der Waals surface area contributed by atoms with Gasteiger partial charge in [-0.1, -0.05) is 0 Å². The third-order valence-electron chi connectivity index (χ3n) is 2.05. The van der Waals surface area contributed by atoms with Crippen molar-refractivity contribution < 1.29 is 9.36 Å². The molecule has 0 spiro atoms. The lowest BCUT2D eigenvalue weighted by Crippen LogP contribution is -2.34. The Hall–Kier alpha value is -1.72. The molecule has 0 aliphatic rings. The summed E-state index contributed by atoms with van der Waals surface area (Å²) in [6.45, 7) is 5.85. The summed E-state index contributed by atoms with van der Waals surface area (Å²) < 4.78 is 7.47. The summed E-state index contributed by atoms with van der Waals surface area (Å²) >= 11 is 0. The van der Waals surface area contributed by atoms with Crippen LogP contribution in [0.25, 0.3) is 0 Å². The molecule has 0 aliphatic heterocycles. The van der Waals surface area contributed by atoms with Crippen LogP contribution in [-0.2, 0) is 13.1 Å². The van der Waals surface area contributed by atoms with Gasteiger partial charge in [-0.2, -0.15) is 0 Å². The number of aromatic nitrogens is 6. The Labute approximate surface area is 82.0 Å². The SMILES string of the molecule is CC[n+]1cn(-n2cn[n+](CC)c2)cn1. The maximum atomic E-state index is 4.17. The van der Waals surface area contributed by atoms with Crippen LogP contribution in [0, 0.1) is 0 Å². The zero-order valence-electron chi connectivity index (χ0n) is 8.41. The van der Waals surface area contributed by atoms with Crippen molar-refractivity contribution in [2.24, 2.45) is 0 Å². The standard InChI is InChI=1S/C8H14N6/c1-3-11-7-13(5-9-11)14-6-10-12(4-2)8-14/h5-8H,3-4H2,1-2H3/q+2. The summed E-state index contributed by atoms with van der Waals surface area (Å²) in [6.07, 6.45) is 7.35. The first-order valence-electron chi connectivity index (χ1n) is 4.71. The van der Waals surface area contributed by atoms with Gasteiger partial charge in [-0.25, -0.2) is 0 Å². The van der Waals surface area contributed by atoms with E-state index in [0.717, 1.165) is 13.1 Å². The Bertz CT molecular complexity index is 375. The Morgan fingerprint density at radius 1 is 0.929 bits per heavy atom. The largest absolute Gasteiger partial charge is 0.308 e. The molecule has 74 valence electrons. The summed E-state index contributed by atoms with van der Waals surface area (Å²) in [7, 11) is 0. The van der Waals surface area contributed by atoms with Crippen molar-refractivity contribution in [1.29, 1.82) is 0 Å². The Morgan fingerprint density at radius 3 is 1.64 bits per heavy atom. The van der Waals surface area contributed by atoms with E-state index in [2.05, 4.69) is 24.0 Å². The van der Waals surface area contributed by atoms with Crippen LogP contribution in [0.3, 0.4) is 0 Å². The highest BCUT2D eigenvalue weighted by molar-refractivity contribution is 4.61. The van der Waals surface area contributed by atoms with Crippen molar-refractivity contribution >= 4 is 0 Å². The average Bonchev–Trinajstić information content (AvgIpc) is 2.86. The minimum Gasteiger partial charge on any atom is -0.134 e. The Balaban J connectivity index is 2.29. The van der Waals surface area contributed by atoms with Gasteiger partial charge in [0.25, 0.3) is 12.7 Å². The van der Waals surface area contributed by atoms with Gasteiger partial charge in [-0.3, -0.25) is 0 Å². The Kier molecular flexibility index (Phi) is 2.26. The first-order chi connectivity index (χ1) is 6.83. The highest BCUT2D eigenvalue weighted by atomic mass is 15.6. The predicted octanol–water partition coefficient (Wildman–Crippen LogP) is -0.994. The molecule has 2 aromatic heterocycles. The van der Waals surface area contributed by atoms with Gasteiger partial charge in [0.15, 0.2) is 0 Å². The van der Waals surface area contributed by atoms with Crippen molar-refractivity contribution in [3.05, 3.63) is 25.3 Å². The van der Waals surface area contributed by atoms with E-state index in [0.29, 0.717) is 0 Å². The lowest BCUT2D eigenvalue weighted by atomic mass is 10.8. The molecule has 2 aromatic rings. The summed E-state index contributed by atoms with van der Waals surface area (Å²) in [6, 6.07) is 0. The van der Waals surface area contributed by atoms with Crippen molar-refractivity contribution in [1.82, 2.24) is 19.5 Å². The van der Waals surface area contributed by atoms with Gasteiger partial charge in [0, 0.05) is 0 Å². The zero-order valence-corrected chi connectivity index (χ0v) is 8.41. The summed E-state index contributed by atoms with van der Waals surface area (Å²) in [5.41, 5.74) is 0. The lowest BCUT2D eigenvalue weighted by Gasteiger charge is -1.82. The van der Waals surface area contributed by atoms with E-state index in [9.17, 15) is 0 Å². The van der Waals surface area contributed by atoms with E-state index in [4.69, 9.17) is 0 Å². The molecule has 0 fully saturated rings. The topological polar surface area (TPSA) is 43.4 Å². The van der Waals surface area contributed by atoms with E-state index in [-0.39, 0.29) is 0 Å². The van der Waals surface area contributed by atoms with Gasteiger partial charge in [0.1, 0.15) is 13.1 Å². The maximum Gasteiger partial charge on any atom is 0.308 e. The summed E-state index contributed by atoms with van der Waals surface area (Å²) in [5.74, 6) is 0. The van der Waals surface area contributed by atoms with Gasteiger partial charge >= 0.3 is 12.7 Å². The molecule has 6 nitrogen and oxygen atoms in total. The zero-order chi connectivity index (χ0) is 9.97. The molecule has 6 heteroatoms. The number of aryl methyl sites for hydroxylation is 2. The molecule has 0 aliphatic carbocycles. The fraction of sp³-hybridized carbons (Fsp3) is 0.500. The second-order valence-electron chi connectivity index (χ2n) is 2.96. The minimum absolute atomic E-state index is 0.871. The fourth-order valence-corrected chi connectivity index (χ4v) is 1.20. The molecule has 0 saturated carbocycles. The summed E-state index contributed by atoms with van der Waals surface area (Å²) in [4.78, 5) is 0. The molecule has 2 rings (SSSR count). The number of hydrogen-bond donors (Lipinski definition) is 0. The van der Waals surface area contributed by atoms with Crippen molar-refractivity contribution in [3.63, 3.8) is 0 Å². The van der Waals surface area contributed by atoms with Gasteiger partial charge in [-0.05, 0) is 33.4 Å². The molecule has 0 unspecified atom stereocenters. The predicted molar refractivity (Wildman–Crippen MR) is 47.0 cm³/mol. The number of hydrogen-bond acceptors (Lipinski definition) is 2. The van der Waals surface area contributed by atoms with Crippen LogP contribution in [0.1, 0.15) is 13.8 Å². The van der Waals surface area contributed by atoms with Gasteiger partial charge in [0.05, 0.1) is 0 Å². The van der Waals surface area contributed by atoms with E-state index >= 15 is 0 Å². The molecule has 0 aromatic carbocycles. The molecule has 0 saturated heterocycles. The third kappa shape index (κ3) is 1.50. The minimum atomic E-state index is 0.871. The van der Waals surface area contributed by atoms with Crippen LogP contribution in [0.2, 0.25) is 0 Å². The molecular formula is C8H14N6+2. The second-order valence-corrected chi connectivity index (χ2v) is 2.96. The third-order valence-corrected chi connectivity index (χ3v) is 2.05. The molecule has 2 heterocycles. The molecule has 0 radical (unpaired) electrons. The second kappa shape index (κ2) is 3.57. The van der Waals surface area contributed by atoms with Gasteiger partial charge in [-0.15, -0.1) is 9.36 Å². The van der Waals surface area contributed by atoms with Crippen molar-refractivity contribution in [2.75, 3.05) is 0 Å². The van der Waals surface area contributed by atoms with Crippen LogP contribution in [-0.4, -0.2) is 19.5 Å². The fourth-order valence-electron chi connectivity index (χ4n) is 1.20. The molecule has 0 atom stereocenters. The molecule has 0 bridgehead atoms. The van der Waals surface area contributed by atoms with E-state index in [1.165, 1.54) is 0 Å². The monoisotopic (exact) mass is 194 g/mol. The van der Waals surface area contributed by atoms with E-state index < -0.39 is 0 Å². The van der Waals surface area contributed by atoms with Crippen LogP contribution in [0.4, 0.5) is 0 Å². The van der Waals surface area contributed by atoms with Crippen LogP contribution >= 0.6 is 0 Å². The molecule has 0 amide bonds. The summed E-state index contributed by atoms with van der Waals surface area (Å²) in [5, 5.41) is 8.34. The maximum absolute atomic E-state index is 4.17. The van der Waals surface area contributed by atoms with Crippen LogP contribution in [0.15, 0.2) is 25.3 Å². The highest BCUT2D eigenvalue weighted by Crippen LogP contribution is 1.83. The van der Waals surface area contributed by atoms with Gasteiger partial charge < -0.3 is 0 Å². The van der Waals surface area contributed by atoms with E-state index in [1.54, 1.807) is 12.7 Å². The molecule has 0 N–H and O–H groups in total. The normalized spacial score (nSPS) is 10.7. The molecular weight excluding hydrogens is 180 g/mol. The van der Waals surface area contributed by atoms with Crippen molar-refractivity contribution in [3.8, 4) is 0 Å².